The van der Waals surface area contributed by atoms with E-state index in [0.29, 0.717) is 19.3 Å². The summed E-state index contributed by atoms with van der Waals surface area (Å²) >= 11 is 0. The van der Waals surface area contributed by atoms with Gasteiger partial charge in [0.15, 0.2) is 0 Å². The van der Waals surface area contributed by atoms with E-state index < -0.39 is 0 Å². The van der Waals surface area contributed by atoms with Gasteiger partial charge in [-0.2, -0.15) is 0 Å². The molecule has 0 aliphatic rings. The Morgan fingerprint density at radius 2 is 2.00 bits per heavy atom. The predicted octanol–water partition coefficient (Wildman–Crippen LogP) is 3.10. The van der Waals surface area contributed by atoms with Crippen molar-refractivity contribution in [1.29, 1.82) is 0 Å². The average molecular weight is 273 g/mol. The molecule has 0 aliphatic heterocycles. The fraction of sp³-hybridized carbons (Fsp3) is 0.438. The van der Waals surface area contributed by atoms with E-state index in [4.69, 9.17) is 10.5 Å². The van der Waals surface area contributed by atoms with E-state index in [9.17, 15) is 0 Å². The van der Waals surface area contributed by atoms with Gasteiger partial charge in [0, 0.05) is 12.4 Å². The van der Waals surface area contributed by atoms with Crippen LogP contribution in [0.25, 0.3) is 0 Å². The lowest BCUT2D eigenvalue weighted by molar-refractivity contribution is 0.0612. The number of nitrogens with zero attached hydrogens (tertiary/aromatic N) is 2. The van der Waals surface area contributed by atoms with Crippen molar-refractivity contribution in [2.75, 3.05) is 0 Å². The minimum atomic E-state index is -0.0367. The van der Waals surface area contributed by atoms with E-state index in [1.54, 1.807) is 6.20 Å². The maximum Gasteiger partial charge on any atom is 0.127 e. The Morgan fingerprint density at radius 1 is 1.25 bits per heavy atom. The maximum atomic E-state index is 6.19. The Labute approximate surface area is 120 Å². The third-order valence-electron chi connectivity index (χ3n) is 3.15. The lowest BCUT2D eigenvalue weighted by Crippen LogP contribution is -2.19. The van der Waals surface area contributed by atoms with E-state index in [2.05, 4.69) is 31.0 Å². The van der Waals surface area contributed by atoms with Crippen molar-refractivity contribution in [2.45, 2.75) is 39.6 Å². The Bertz CT molecular complexity index is 507. The molecule has 0 saturated heterocycles. The zero-order valence-corrected chi connectivity index (χ0v) is 12.2. The summed E-state index contributed by atoms with van der Waals surface area (Å²) in [5.74, 6) is 1.45. The molecule has 2 aromatic rings. The van der Waals surface area contributed by atoms with E-state index in [-0.39, 0.29) is 6.04 Å². The minimum absolute atomic E-state index is 0.0367. The fourth-order valence-electron chi connectivity index (χ4n) is 2.21. The normalized spacial score (nSPS) is 12.8. The summed E-state index contributed by atoms with van der Waals surface area (Å²) in [4.78, 5) is 4.35. The van der Waals surface area contributed by atoms with E-state index in [1.807, 2.05) is 29.0 Å². The van der Waals surface area contributed by atoms with Gasteiger partial charge in [0.05, 0.1) is 12.6 Å². The first kappa shape index (κ1) is 14.8. The Balaban J connectivity index is 1.89. The van der Waals surface area contributed by atoms with Crippen LogP contribution in [0.2, 0.25) is 0 Å². The standard InChI is InChI=1S/C16H23N3O/c1-13(2)10-15(17)16-18-8-9-19(16)12-20-11-14-6-4-3-5-7-14/h3-9,13,15H,10-12,17H2,1-2H3/t15-/m0/s1. The lowest BCUT2D eigenvalue weighted by atomic mass is 10.0. The molecule has 2 N–H and O–H groups in total. The summed E-state index contributed by atoms with van der Waals surface area (Å²) in [6.45, 7) is 5.41. The highest BCUT2D eigenvalue weighted by molar-refractivity contribution is 5.13. The highest BCUT2D eigenvalue weighted by atomic mass is 16.5. The van der Waals surface area contributed by atoms with Crippen LogP contribution < -0.4 is 5.73 Å². The van der Waals surface area contributed by atoms with Gasteiger partial charge in [-0.25, -0.2) is 4.98 Å². The molecule has 4 heteroatoms. The van der Waals surface area contributed by atoms with Crippen molar-refractivity contribution in [3.63, 3.8) is 0 Å². The molecule has 0 fully saturated rings. The molecule has 1 aromatic heterocycles. The molecular formula is C16H23N3O. The third-order valence-corrected chi connectivity index (χ3v) is 3.15. The van der Waals surface area contributed by atoms with Gasteiger partial charge >= 0.3 is 0 Å². The number of ether oxygens (including phenoxy) is 1. The highest BCUT2D eigenvalue weighted by Crippen LogP contribution is 2.17. The number of hydrogen-bond donors (Lipinski definition) is 1. The Kier molecular flexibility index (Phi) is 5.32. The average Bonchev–Trinajstić information content (AvgIpc) is 2.88. The molecule has 0 saturated carbocycles. The van der Waals surface area contributed by atoms with Crippen LogP contribution >= 0.6 is 0 Å². The molecule has 1 aromatic carbocycles. The second-order valence-electron chi connectivity index (χ2n) is 5.45. The molecule has 1 atom stereocenters. The first-order valence-electron chi connectivity index (χ1n) is 7.05. The summed E-state index contributed by atoms with van der Waals surface area (Å²) in [6, 6.07) is 10.1. The molecule has 108 valence electrons. The smallest absolute Gasteiger partial charge is 0.127 e. The van der Waals surface area contributed by atoms with E-state index in [0.717, 1.165) is 12.2 Å². The lowest BCUT2D eigenvalue weighted by Gasteiger charge is -2.16. The molecule has 0 amide bonds. The van der Waals surface area contributed by atoms with Gasteiger partial charge in [0.25, 0.3) is 0 Å². The molecule has 20 heavy (non-hydrogen) atoms. The van der Waals surface area contributed by atoms with Crippen LogP contribution in [0.1, 0.15) is 37.7 Å². The van der Waals surface area contributed by atoms with Gasteiger partial charge in [-0.1, -0.05) is 44.2 Å². The third kappa shape index (κ3) is 4.18. The van der Waals surface area contributed by atoms with Crippen LogP contribution in [0.3, 0.4) is 0 Å². The van der Waals surface area contributed by atoms with Crippen LogP contribution in [-0.4, -0.2) is 9.55 Å². The predicted molar refractivity (Wildman–Crippen MR) is 79.8 cm³/mol. The van der Waals surface area contributed by atoms with Gasteiger partial charge in [-0.15, -0.1) is 0 Å². The fourth-order valence-corrected chi connectivity index (χ4v) is 2.21. The molecule has 0 spiro atoms. The quantitative estimate of drug-likeness (QED) is 0.843. The molecule has 0 bridgehead atoms. The van der Waals surface area contributed by atoms with E-state index >= 15 is 0 Å². The minimum Gasteiger partial charge on any atom is -0.356 e. The molecule has 1 heterocycles. The zero-order chi connectivity index (χ0) is 14.4. The van der Waals surface area contributed by atoms with Crippen LogP contribution in [-0.2, 0) is 18.1 Å². The Hall–Kier alpha value is -1.65. The summed E-state index contributed by atoms with van der Waals surface area (Å²) in [5, 5.41) is 0. The molecule has 2 rings (SSSR count). The molecule has 0 unspecified atom stereocenters. The number of nitrogens with two attached hydrogens (primary N) is 1. The van der Waals surface area contributed by atoms with Gasteiger partial charge in [0.2, 0.25) is 0 Å². The number of benzene rings is 1. The van der Waals surface area contributed by atoms with Crippen molar-refractivity contribution in [3.05, 3.63) is 54.1 Å². The number of rotatable bonds is 7. The summed E-state index contributed by atoms with van der Waals surface area (Å²) in [6.07, 6.45) is 4.62. The van der Waals surface area contributed by atoms with Gasteiger partial charge in [-0.05, 0) is 17.9 Å². The highest BCUT2D eigenvalue weighted by Gasteiger charge is 2.13. The summed E-state index contributed by atoms with van der Waals surface area (Å²) in [5.41, 5.74) is 7.35. The van der Waals surface area contributed by atoms with Crippen molar-refractivity contribution < 1.29 is 4.74 Å². The van der Waals surface area contributed by atoms with Crippen LogP contribution in [0.15, 0.2) is 42.7 Å². The number of aromatic nitrogens is 2. The first-order valence-corrected chi connectivity index (χ1v) is 7.05. The second kappa shape index (κ2) is 7.22. The van der Waals surface area contributed by atoms with Crippen LogP contribution in [0, 0.1) is 5.92 Å². The van der Waals surface area contributed by atoms with Gasteiger partial charge in [0.1, 0.15) is 12.6 Å². The Morgan fingerprint density at radius 3 is 2.70 bits per heavy atom. The summed E-state index contributed by atoms with van der Waals surface area (Å²) < 4.78 is 7.71. The summed E-state index contributed by atoms with van der Waals surface area (Å²) in [7, 11) is 0. The van der Waals surface area contributed by atoms with Crippen LogP contribution in [0.5, 0.6) is 0 Å². The largest absolute Gasteiger partial charge is 0.356 e. The van der Waals surface area contributed by atoms with Gasteiger partial charge < -0.3 is 15.0 Å². The van der Waals surface area contributed by atoms with E-state index in [1.165, 1.54) is 5.56 Å². The molecule has 4 nitrogen and oxygen atoms in total. The van der Waals surface area contributed by atoms with Crippen molar-refractivity contribution in [3.8, 4) is 0 Å². The topological polar surface area (TPSA) is 53.1 Å². The SMILES string of the molecule is CC(C)C[C@H](N)c1nccn1COCc1ccccc1. The van der Waals surface area contributed by atoms with Crippen molar-refractivity contribution >= 4 is 0 Å². The second-order valence-corrected chi connectivity index (χ2v) is 5.45. The molecule has 0 radical (unpaired) electrons. The van der Waals surface area contributed by atoms with Crippen LogP contribution in [0.4, 0.5) is 0 Å². The maximum absolute atomic E-state index is 6.19. The zero-order valence-electron chi connectivity index (χ0n) is 12.2. The van der Waals surface area contributed by atoms with Crippen molar-refractivity contribution in [1.82, 2.24) is 9.55 Å². The van der Waals surface area contributed by atoms with Gasteiger partial charge in [-0.3, -0.25) is 0 Å². The number of hydrogen-bond acceptors (Lipinski definition) is 3. The van der Waals surface area contributed by atoms with Crippen molar-refractivity contribution in [2.24, 2.45) is 11.7 Å². The molecule has 0 aliphatic carbocycles. The molecular weight excluding hydrogens is 250 g/mol. The monoisotopic (exact) mass is 273 g/mol. The first-order chi connectivity index (χ1) is 9.66. The number of imidazole rings is 1.